The summed E-state index contributed by atoms with van der Waals surface area (Å²) in [6, 6.07) is 9.21. The Kier molecular flexibility index (Phi) is 4.78. The van der Waals surface area contributed by atoms with Crippen molar-refractivity contribution in [2.75, 3.05) is 7.05 Å². The third-order valence-electron chi connectivity index (χ3n) is 3.17. The molecule has 0 aliphatic carbocycles. The number of nitrogens with one attached hydrogen (secondary N) is 1. The van der Waals surface area contributed by atoms with Crippen LogP contribution in [-0.2, 0) is 0 Å². The van der Waals surface area contributed by atoms with E-state index in [0.29, 0.717) is 5.56 Å². The molecule has 0 amide bonds. The van der Waals surface area contributed by atoms with Crippen LogP contribution in [-0.4, -0.2) is 12.0 Å². The van der Waals surface area contributed by atoms with Gasteiger partial charge in [0.2, 0.25) is 0 Å². The summed E-state index contributed by atoms with van der Waals surface area (Å²) >= 11 is 1.51. The quantitative estimate of drug-likeness (QED) is 0.910. The van der Waals surface area contributed by atoms with Crippen LogP contribution in [0.5, 0.6) is 0 Å². The summed E-state index contributed by atoms with van der Waals surface area (Å²) in [4.78, 5) is 5.41. The Labute approximate surface area is 123 Å². The molecular formula is C16H19FN2S. The number of hydrogen-bond acceptors (Lipinski definition) is 3. The predicted molar refractivity (Wildman–Crippen MR) is 81.7 cm³/mol. The second-order valence-electron chi connectivity index (χ2n) is 4.89. The highest BCUT2D eigenvalue weighted by Gasteiger charge is 2.15. The predicted octanol–water partition coefficient (Wildman–Crippen LogP) is 4.27. The molecule has 0 bridgehead atoms. The van der Waals surface area contributed by atoms with Gasteiger partial charge in [0.1, 0.15) is 10.8 Å². The van der Waals surface area contributed by atoms with Crippen LogP contribution in [0.1, 0.15) is 29.8 Å². The van der Waals surface area contributed by atoms with E-state index < -0.39 is 0 Å². The molecule has 1 atom stereocenters. The lowest BCUT2D eigenvalue weighted by Crippen LogP contribution is -2.15. The summed E-state index contributed by atoms with van der Waals surface area (Å²) < 4.78 is 14.1. The Balaban J connectivity index is 2.40. The minimum absolute atomic E-state index is 0.0374. The highest BCUT2D eigenvalue weighted by atomic mass is 32.2. The van der Waals surface area contributed by atoms with Gasteiger partial charge in [-0.15, -0.1) is 0 Å². The number of aryl methyl sites for hydroxylation is 2. The molecule has 2 aromatic rings. The lowest BCUT2D eigenvalue weighted by Gasteiger charge is -2.16. The summed E-state index contributed by atoms with van der Waals surface area (Å²) in [6.45, 7) is 5.97. The van der Waals surface area contributed by atoms with E-state index in [1.165, 1.54) is 23.4 Å². The molecule has 2 rings (SSSR count). The normalized spacial score (nSPS) is 12.4. The molecule has 0 saturated carbocycles. The summed E-state index contributed by atoms with van der Waals surface area (Å²) in [5.41, 5.74) is 2.84. The second kappa shape index (κ2) is 6.37. The zero-order valence-corrected chi connectivity index (χ0v) is 13.0. The standard InChI is InChI=1S/C16H19FN2S/c1-10-8-11(2)19-15(9-10)20-14-7-5-6-13(17)16(14)12(3)18-4/h5-9,12,18H,1-4H3. The van der Waals surface area contributed by atoms with E-state index in [4.69, 9.17) is 0 Å². The van der Waals surface area contributed by atoms with Crippen LogP contribution in [0.25, 0.3) is 0 Å². The van der Waals surface area contributed by atoms with Crippen molar-refractivity contribution in [3.8, 4) is 0 Å². The van der Waals surface area contributed by atoms with E-state index in [9.17, 15) is 4.39 Å². The fraction of sp³-hybridized carbons (Fsp3) is 0.312. The molecule has 20 heavy (non-hydrogen) atoms. The first-order chi connectivity index (χ1) is 9.51. The van der Waals surface area contributed by atoms with Crippen LogP contribution in [0, 0.1) is 19.7 Å². The van der Waals surface area contributed by atoms with Gasteiger partial charge in [-0.25, -0.2) is 9.37 Å². The Morgan fingerprint density at radius 3 is 2.65 bits per heavy atom. The van der Waals surface area contributed by atoms with Gasteiger partial charge in [-0.2, -0.15) is 0 Å². The number of nitrogens with zero attached hydrogens (tertiary/aromatic N) is 1. The molecule has 0 aliphatic heterocycles. The molecule has 0 saturated heterocycles. The number of halogens is 1. The van der Waals surface area contributed by atoms with Gasteiger partial charge in [0.05, 0.1) is 0 Å². The molecule has 1 aromatic carbocycles. The van der Waals surface area contributed by atoms with Crippen LogP contribution in [0.2, 0.25) is 0 Å². The fourth-order valence-corrected chi connectivity index (χ4v) is 3.33. The maximum absolute atomic E-state index is 14.1. The zero-order chi connectivity index (χ0) is 14.7. The molecule has 106 valence electrons. The molecule has 4 heteroatoms. The summed E-state index contributed by atoms with van der Waals surface area (Å²) in [6.07, 6.45) is 0. The average molecular weight is 290 g/mol. The van der Waals surface area contributed by atoms with Crippen molar-refractivity contribution in [1.29, 1.82) is 0 Å². The third-order valence-corrected chi connectivity index (χ3v) is 4.16. The van der Waals surface area contributed by atoms with Crippen molar-refractivity contribution in [2.45, 2.75) is 36.7 Å². The first-order valence-corrected chi connectivity index (χ1v) is 7.41. The topological polar surface area (TPSA) is 24.9 Å². The van der Waals surface area contributed by atoms with E-state index in [0.717, 1.165) is 15.6 Å². The fourth-order valence-electron chi connectivity index (χ4n) is 2.14. The maximum Gasteiger partial charge on any atom is 0.129 e. The van der Waals surface area contributed by atoms with Gasteiger partial charge in [-0.05, 0) is 57.6 Å². The first kappa shape index (κ1) is 15.0. The van der Waals surface area contributed by atoms with Crippen molar-refractivity contribution in [2.24, 2.45) is 0 Å². The molecule has 0 radical (unpaired) electrons. The smallest absolute Gasteiger partial charge is 0.129 e. The average Bonchev–Trinajstić information content (AvgIpc) is 2.37. The van der Waals surface area contributed by atoms with E-state index in [2.05, 4.69) is 10.3 Å². The molecular weight excluding hydrogens is 271 g/mol. The number of hydrogen-bond donors (Lipinski definition) is 1. The molecule has 0 spiro atoms. The van der Waals surface area contributed by atoms with Crippen LogP contribution in [0.4, 0.5) is 4.39 Å². The first-order valence-electron chi connectivity index (χ1n) is 6.60. The number of benzene rings is 1. The van der Waals surface area contributed by atoms with E-state index in [1.54, 1.807) is 6.07 Å². The number of rotatable bonds is 4. The molecule has 2 nitrogen and oxygen atoms in total. The molecule has 1 N–H and O–H groups in total. The Morgan fingerprint density at radius 2 is 2.00 bits per heavy atom. The third kappa shape index (κ3) is 3.38. The van der Waals surface area contributed by atoms with Gasteiger partial charge in [0.25, 0.3) is 0 Å². The minimum Gasteiger partial charge on any atom is -0.313 e. The second-order valence-corrected chi connectivity index (χ2v) is 5.95. The maximum atomic E-state index is 14.1. The van der Waals surface area contributed by atoms with E-state index in [-0.39, 0.29) is 11.9 Å². The van der Waals surface area contributed by atoms with Gasteiger partial charge >= 0.3 is 0 Å². The van der Waals surface area contributed by atoms with Gasteiger partial charge in [-0.3, -0.25) is 0 Å². The monoisotopic (exact) mass is 290 g/mol. The summed E-state index contributed by atoms with van der Waals surface area (Å²) in [7, 11) is 1.83. The Bertz CT molecular complexity index is 593. The molecule has 0 aliphatic rings. The highest BCUT2D eigenvalue weighted by molar-refractivity contribution is 7.99. The van der Waals surface area contributed by atoms with E-state index >= 15 is 0 Å². The van der Waals surface area contributed by atoms with Crippen molar-refractivity contribution >= 4 is 11.8 Å². The van der Waals surface area contributed by atoms with Gasteiger partial charge in [0, 0.05) is 22.2 Å². The summed E-state index contributed by atoms with van der Waals surface area (Å²) in [5, 5.41) is 4.00. The Morgan fingerprint density at radius 1 is 1.25 bits per heavy atom. The van der Waals surface area contributed by atoms with Gasteiger partial charge < -0.3 is 5.32 Å². The van der Waals surface area contributed by atoms with Crippen molar-refractivity contribution in [1.82, 2.24) is 10.3 Å². The van der Waals surface area contributed by atoms with E-state index in [1.807, 2.05) is 46.0 Å². The molecule has 1 aromatic heterocycles. The largest absolute Gasteiger partial charge is 0.313 e. The Hall–Kier alpha value is -1.39. The lowest BCUT2D eigenvalue weighted by atomic mass is 10.1. The van der Waals surface area contributed by atoms with Crippen LogP contribution < -0.4 is 5.32 Å². The summed E-state index contributed by atoms with van der Waals surface area (Å²) in [5.74, 6) is -0.179. The number of pyridine rings is 1. The van der Waals surface area contributed by atoms with Crippen LogP contribution >= 0.6 is 11.8 Å². The van der Waals surface area contributed by atoms with Crippen molar-refractivity contribution in [3.05, 3.63) is 53.0 Å². The minimum atomic E-state index is -0.179. The molecule has 1 heterocycles. The lowest BCUT2D eigenvalue weighted by molar-refractivity contribution is 0.552. The van der Waals surface area contributed by atoms with Gasteiger partial charge in [0.15, 0.2) is 0 Å². The molecule has 0 fully saturated rings. The van der Waals surface area contributed by atoms with Crippen molar-refractivity contribution in [3.63, 3.8) is 0 Å². The SMILES string of the molecule is CNC(C)c1c(F)cccc1Sc1cc(C)cc(C)n1. The van der Waals surface area contributed by atoms with Crippen LogP contribution in [0.3, 0.4) is 0 Å². The van der Waals surface area contributed by atoms with Crippen molar-refractivity contribution < 1.29 is 4.39 Å². The van der Waals surface area contributed by atoms with Gasteiger partial charge in [-0.1, -0.05) is 17.8 Å². The van der Waals surface area contributed by atoms with Crippen LogP contribution in [0.15, 0.2) is 40.3 Å². The molecule has 1 unspecified atom stereocenters. The number of aromatic nitrogens is 1. The highest BCUT2D eigenvalue weighted by Crippen LogP contribution is 2.34. The zero-order valence-electron chi connectivity index (χ0n) is 12.2.